The molecule has 2 unspecified atom stereocenters. The van der Waals surface area contributed by atoms with Gasteiger partial charge in [0.15, 0.2) is 0 Å². The molecule has 0 aromatic heterocycles. The molecule has 1 saturated heterocycles. The normalized spacial score (nSPS) is 28.0. The Morgan fingerprint density at radius 2 is 1.64 bits per heavy atom. The highest BCUT2D eigenvalue weighted by Crippen LogP contribution is 2.41. The van der Waals surface area contributed by atoms with E-state index < -0.39 is 0 Å². The first-order valence-corrected chi connectivity index (χ1v) is 8.42. The van der Waals surface area contributed by atoms with Gasteiger partial charge in [-0.25, -0.2) is 0 Å². The van der Waals surface area contributed by atoms with Gasteiger partial charge in [0.25, 0.3) is 0 Å². The first-order valence-electron chi connectivity index (χ1n) is 8.42. The summed E-state index contributed by atoms with van der Waals surface area (Å²) in [7, 11) is 0. The predicted octanol–water partition coefficient (Wildman–Crippen LogP) is 3.10. The second-order valence-corrected chi connectivity index (χ2v) is 6.82. The first-order chi connectivity index (χ1) is 10.8. The molecule has 0 spiro atoms. The molecule has 1 fully saturated rings. The summed E-state index contributed by atoms with van der Waals surface area (Å²) in [6, 6.07) is 19.9. The number of likely N-dealkylation sites (tertiary alicyclic amines) is 1. The molecule has 0 saturated carbocycles. The van der Waals surface area contributed by atoms with E-state index in [9.17, 15) is 0 Å². The monoisotopic (exact) mass is 292 g/mol. The molecule has 0 bridgehead atoms. The molecule has 2 aromatic carbocycles. The molecule has 4 rings (SSSR count). The maximum absolute atomic E-state index is 7.09. The van der Waals surface area contributed by atoms with Gasteiger partial charge < -0.3 is 5.73 Å². The van der Waals surface area contributed by atoms with Gasteiger partial charge in [-0.3, -0.25) is 4.90 Å². The molecule has 0 radical (unpaired) electrons. The van der Waals surface area contributed by atoms with E-state index >= 15 is 0 Å². The molecule has 1 aliphatic heterocycles. The van der Waals surface area contributed by atoms with Gasteiger partial charge in [0.2, 0.25) is 0 Å². The van der Waals surface area contributed by atoms with Gasteiger partial charge in [0.05, 0.1) is 5.54 Å². The summed E-state index contributed by atoms with van der Waals surface area (Å²) < 4.78 is 0. The van der Waals surface area contributed by atoms with Crippen molar-refractivity contribution in [2.75, 3.05) is 13.1 Å². The number of hydrogen-bond donors (Lipinski definition) is 1. The minimum absolute atomic E-state index is 0.262. The Hall–Kier alpha value is -1.64. The van der Waals surface area contributed by atoms with Crippen molar-refractivity contribution < 1.29 is 0 Å². The number of hydrogen-bond acceptors (Lipinski definition) is 2. The summed E-state index contributed by atoms with van der Waals surface area (Å²) in [4.78, 5) is 2.63. The summed E-state index contributed by atoms with van der Waals surface area (Å²) in [6.07, 6.45) is 4.65. The third kappa shape index (κ3) is 2.27. The van der Waals surface area contributed by atoms with E-state index in [4.69, 9.17) is 5.73 Å². The quantitative estimate of drug-likeness (QED) is 0.942. The van der Waals surface area contributed by atoms with E-state index in [1.807, 2.05) is 0 Å². The minimum atomic E-state index is -0.262. The fourth-order valence-corrected chi connectivity index (χ4v) is 4.38. The Labute approximate surface area is 132 Å². The Morgan fingerprint density at radius 1 is 0.955 bits per heavy atom. The van der Waals surface area contributed by atoms with Crippen molar-refractivity contribution in [3.05, 3.63) is 71.3 Å². The molecule has 1 heterocycles. The van der Waals surface area contributed by atoms with Gasteiger partial charge in [0, 0.05) is 6.04 Å². The minimum Gasteiger partial charge on any atom is -0.320 e. The molecule has 2 atom stereocenters. The molecule has 2 N–H and O–H groups in total. The zero-order valence-electron chi connectivity index (χ0n) is 13.0. The van der Waals surface area contributed by atoms with E-state index in [2.05, 4.69) is 59.5 Å². The van der Waals surface area contributed by atoms with Gasteiger partial charge in [-0.2, -0.15) is 0 Å². The number of fused-ring (bicyclic) bond motifs is 1. The van der Waals surface area contributed by atoms with Crippen molar-refractivity contribution in [3.63, 3.8) is 0 Å². The summed E-state index contributed by atoms with van der Waals surface area (Å²) in [5, 5.41) is 0. The molecule has 114 valence electrons. The highest BCUT2D eigenvalue weighted by Gasteiger charge is 2.46. The Morgan fingerprint density at radius 3 is 2.41 bits per heavy atom. The molecule has 1 aliphatic carbocycles. The van der Waals surface area contributed by atoms with Crippen molar-refractivity contribution in [2.45, 2.75) is 37.3 Å². The van der Waals surface area contributed by atoms with Crippen molar-refractivity contribution in [2.24, 2.45) is 5.73 Å². The van der Waals surface area contributed by atoms with E-state index in [1.54, 1.807) is 0 Å². The van der Waals surface area contributed by atoms with Crippen LogP contribution in [0.5, 0.6) is 0 Å². The first kappa shape index (κ1) is 14.0. The van der Waals surface area contributed by atoms with Gasteiger partial charge >= 0.3 is 0 Å². The summed E-state index contributed by atoms with van der Waals surface area (Å²) in [5.74, 6) is 0. The van der Waals surface area contributed by atoms with Gasteiger partial charge in [-0.05, 0) is 55.5 Å². The third-order valence-corrected chi connectivity index (χ3v) is 5.45. The predicted molar refractivity (Wildman–Crippen MR) is 90.8 cm³/mol. The van der Waals surface area contributed by atoms with Crippen molar-refractivity contribution in [1.29, 1.82) is 0 Å². The van der Waals surface area contributed by atoms with E-state index in [1.165, 1.54) is 42.6 Å². The van der Waals surface area contributed by atoms with Crippen LogP contribution in [0.2, 0.25) is 0 Å². The fourth-order valence-electron chi connectivity index (χ4n) is 4.38. The number of nitrogens with two attached hydrogens (primary N) is 1. The van der Waals surface area contributed by atoms with Gasteiger partial charge in [0.1, 0.15) is 0 Å². The van der Waals surface area contributed by atoms with Crippen LogP contribution in [0.1, 0.15) is 29.5 Å². The van der Waals surface area contributed by atoms with E-state index in [-0.39, 0.29) is 5.54 Å². The molecule has 22 heavy (non-hydrogen) atoms. The highest BCUT2D eigenvalue weighted by molar-refractivity contribution is 5.43. The number of nitrogens with zero attached hydrogens (tertiary/aromatic N) is 1. The third-order valence-electron chi connectivity index (χ3n) is 5.45. The summed E-state index contributed by atoms with van der Waals surface area (Å²) in [6.45, 7) is 2.40. The molecular weight excluding hydrogens is 268 g/mol. The fraction of sp³-hybridized carbons (Fsp3) is 0.400. The van der Waals surface area contributed by atoms with Crippen LogP contribution < -0.4 is 5.73 Å². The van der Waals surface area contributed by atoms with Crippen LogP contribution >= 0.6 is 0 Å². The second-order valence-electron chi connectivity index (χ2n) is 6.82. The van der Waals surface area contributed by atoms with Crippen molar-refractivity contribution in [3.8, 4) is 0 Å². The summed E-state index contributed by atoms with van der Waals surface area (Å²) >= 11 is 0. The molecule has 2 heteroatoms. The molecule has 2 nitrogen and oxygen atoms in total. The average molecular weight is 292 g/mol. The lowest BCUT2D eigenvalue weighted by Gasteiger charge is -2.38. The molecule has 2 aliphatic rings. The highest BCUT2D eigenvalue weighted by atomic mass is 15.2. The van der Waals surface area contributed by atoms with Crippen molar-refractivity contribution >= 4 is 0 Å². The van der Waals surface area contributed by atoms with Crippen LogP contribution in [0.15, 0.2) is 54.6 Å². The van der Waals surface area contributed by atoms with Crippen molar-refractivity contribution in [1.82, 2.24) is 4.90 Å². The maximum atomic E-state index is 7.09. The van der Waals surface area contributed by atoms with Crippen LogP contribution in [0.4, 0.5) is 0 Å². The molecular formula is C20H24N2. The zero-order valence-corrected chi connectivity index (χ0v) is 13.0. The topological polar surface area (TPSA) is 29.3 Å². The Balaban J connectivity index is 1.73. The van der Waals surface area contributed by atoms with Gasteiger partial charge in [-0.15, -0.1) is 0 Å². The van der Waals surface area contributed by atoms with Crippen LogP contribution in [-0.4, -0.2) is 24.0 Å². The van der Waals surface area contributed by atoms with Crippen LogP contribution in [0, 0.1) is 0 Å². The summed E-state index contributed by atoms with van der Waals surface area (Å²) in [5.41, 5.74) is 11.0. The second kappa shape index (κ2) is 5.53. The lowest BCUT2D eigenvalue weighted by Crippen LogP contribution is -2.54. The average Bonchev–Trinajstić information content (AvgIpc) is 3.16. The number of benzene rings is 2. The smallest absolute Gasteiger partial charge is 0.0614 e. The molecule has 0 amide bonds. The molecule has 2 aromatic rings. The van der Waals surface area contributed by atoms with Crippen LogP contribution in [0.3, 0.4) is 0 Å². The Kier molecular flexibility index (Phi) is 3.51. The SMILES string of the molecule is NC1(Cc2ccccc2)c2ccccc2CC1N1CCCC1. The Bertz CT molecular complexity index is 646. The number of rotatable bonds is 3. The maximum Gasteiger partial charge on any atom is 0.0614 e. The van der Waals surface area contributed by atoms with Gasteiger partial charge in [-0.1, -0.05) is 54.6 Å². The van der Waals surface area contributed by atoms with E-state index in [0.29, 0.717) is 6.04 Å². The largest absolute Gasteiger partial charge is 0.320 e. The zero-order chi connectivity index (χ0) is 15.0. The van der Waals surface area contributed by atoms with Crippen LogP contribution in [0.25, 0.3) is 0 Å². The van der Waals surface area contributed by atoms with E-state index in [0.717, 1.165) is 12.8 Å². The standard InChI is InChI=1S/C20H24N2/c21-20(15-16-8-2-1-3-9-16)18-11-5-4-10-17(18)14-19(20)22-12-6-7-13-22/h1-5,8-11,19H,6-7,12-15,21H2. The lowest BCUT2D eigenvalue weighted by molar-refractivity contribution is 0.159. The van der Waals surface area contributed by atoms with Crippen LogP contribution in [-0.2, 0) is 18.4 Å². The lowest BCUT2D eigenvalue weighted by atomic mass is 9.82.